The fourth-order valence-corrected chi connectivity index (χ4v) is 1.66. The number of aliphatic hydroxyl groups is 1. The van der Waals surface area contributed by atoms with Crippen molar-refractivity contribution in [1.82, 2.24) is 4.90 Å². The molecule has 8 heteroatoms. The predicted molar refractivity (Wildman–Crippen MR) is 44.4 cm³/mol. The van der Waals surface area contributed by atoms with E-state index in [9.17, 15) is 27.9 Å². The molecular formula is C8H10F3NO4. The molecule has 0 spiro atoms. The molecule has 0 bridgehead atoms. The highest BCUT2D eigenvalue weighted by Gasteiger charge is 2.49. The van der Waals surface area contributed by atoms with Gasteiger partial charge in [0.25, 0.3) is 0 Å². The molecule has 1 fully saturated rings. The molecule has 0 aromatic carbocycles. The van der Waals surface area contributed by atoms with Gasteiger partial charge in [-0.25, -0.2) is 4.79 Å². The molecule has 2 N–H and O–H groups in total. The Morgan fingerprint density at radius 1 is 1.31 bits per heavy atom. The van der Waals surface area contributed by atoms with Crippen molar-refractivity contribution in [3.05, 3.63) is 0 Å². The number of hydrogen-bond acceptors (Lipinski definition) is 3. The number of likely N-dealkylation sites (tertiary alicyclic amines) is 1. The summed E-state index contributed by atoms with van der Waals surface area (Å²) < 4.78 is 36.4. The zero-order valence-electron chi connectivity index (χ0n) is 8.07. The number of amides is 1. The van der Waals surface area contributed by atoms with Gasteiger partial charge in [-0.3, -0.25) is 4.79 Å². The summed E-state index contributed by atoms with van der Waals surface area (Å²) in [6, 6.07) is -1.82. The van der Waals surface area contributed by atoms with Gasteiger partial charge in [0.1, 0.15) is 0 Å². The van der Waals surface area contributed by atoms with E-state index in [0.717, 1.165) is 0 Å². The maximum absolute atomic E-state index is 12.1. The van der Waals surface area contributed by atoms with Crippen molar-refractivity contribution >= 4 is 11.9 Å². The Hall–Kier alpha value is -1.31. The van der Waals surface area contributed by atoms with Gasteiger partial charge >= 0.3 is 18.1 Å². The van der Waals surface area contributed by atoms with Crippen molar-refractivity contribution in [2.24, 2.45) is 0 Å². The molecule has 2 unspecified atom stereocenters. The van der Waals surface area contributed by atoms with E-state index < -0.39 is 30.2 Å². The van der Waals surface area contributed by atoms with E-state index in [2.05, 4.69) is 0 Å². The molecule has 0 radical (unpaired) electrons. The van der Waals surface area contributed by atoms with E-state index in [4.69, 9.17) is 5.11 Å². The van der Waals surface area contributed by atoms with Gasteiger partial charge in [0.05, 0.1) is 6.10 Å². The number of halogens is 3. The van der Waals surface area contributed by atoms with E-state index in [1.165, 1.54) is 0 Å². The Morgan fingerprint density at radius 2 is 1.88 bits per heavy atom. The van der Waals surface area contributed by atoms with Crippen molar-refractivity contribution in [2.75, 3.05) is 6.54 Å². The molecule has 0 aromatic rings. The number of carboxylic acid groups (broad SMARTS) is 1. The summed E-state index contributed by atoms with van der Waals surface area (Å²) in [5.41, 5.74) is 0. The molecule has 92 valence electrons. The molecule has 1 aliphatic rings. The number of carbonyl (C=O) groups excluding carboxylic acids is 1. The lowest BCUT2D eigenvalue weighted by atomic mass is 9.99. The Morgan fingerprint density at radius 3 is 2.31 bits per heavy atom. The van der Waals surface area contributed by atoms with Gasteiger partial charge in [-0.05, 0) is 12.8 Å². The first kappa shape index (κ1) is 12.8. The van der Waals surface area contributed by atoms with Crippen LogP contribution in [-0.2, 0) is 9.59 Å². The van der Waals surface area contributed by atoms with Gasteiger partial charge < -0.3 is 15.1 Å². The Labute approximate surface area is 88.5 Å². The highest BCUT2D eigenvalue weighted by atomic mass is 19.4. The van der Waals surface area contributed by atoms with Crippen LogP contribution in [0.1, 0.15) is 12.8 Å². The van der Waals surface area contributed by atoms with Gasteiger partial charge in [0.2, 0.25) is 0 Å². The van der Waals surface area contributed by atoms with Gasteiger partial charge in [-0.1, -0.05) is 0 Å². The molecule has 1 heterocycles. The topological polar surface area (TPSA) is 77.8 Å². The van der Waals surface area contributed by atoms with Crippen molar-refractivity contribution in [3.8, 4) is 0 Å². The average molecular weight is 241 g/mol. The van der Waals surface area contributed by atoms with Crippen LogP contribution in [0.4, 0.5) is 13.2 Å². The van der Waals surface area contributed by atoms with Gasteiger partial charge in [0.15, 0.2) is 6.04 Å². The first-order chi connectivity index (χ1) is 7.25. The van der Waals surface area contributed by atoms with Gasteiger partial charge in [0, 0.05) is 6.54 Å². The molecule has 1 saturated heterocycles. The lowest BCUT2D eigenvalue weighted by molar-refractivity contribution is -0.194. The molecule has 0 saturated carbocycles. The molecule has 1 rings (SSSR count). The minimum absolute atomic E-state index is 0.0681. The van der Waals surface area contributed by atoms with Crippen LogP contribution in [0.2, 0.25) is 0 Å². The van der Waals surface area contributed by atoms with Gasteiger partial charge in [-0.2, -0.15) is 13.2 Å². The number of rotatable bonds is 1. The zero-order valence-corrected chi connectivity index (χ0v) is 8.07. The highest BCUT2D eigenvalue weighted by molar-refractivity contribution is 5.87. The minimum Gasteiger partial charge on any atom is -0.480 e. The van der Waals surface area contributed by atoms with Crippen LogP contribution in [0.25, 0.3) is 0 Å². The van der Waals surface area contributed by atoms with Crippen LogP contribution in [0.15, 0.2) is 0 Å². The fraction of sp³-hybridized carbons (Fsp3) is 0.750. The van der Waals surface area contributed by atoms with Crippen LogP contribution in [0, 0.1) is 0 Å². The van der Waals surface area contributed by atoms with E-state index in [-0.39, 0.29) is 24.3 Å². The second-order valence-electron chi connectivity index (χ2n) is 3.49. The Balaban J connectivity index is 2.92. The Bertz CT molecular complexity index is 304. The molecule has 2 atom stereocenters. The quantitative estimate of drug-likeness (QED) is 0.676. The third kappa shape index (κ3) is 2.43. The molecule has 0 aliphatic carbocycles. The summed E-state index contributed by atoms with van der Waals surface area (Å²) in [5.74, 6) is -3.86. The minimum atomic E-state index is -5.12. The number of carbonyl (C=O) groups is 2. The number of piperidine rings is 1. The van der Waals surface area contributed by atoms with E-state index in [0.29, 0.717) is 0 Å². The second kappa shape index (κ2) is 4.28. The summed E-state index contributed by atoms with van der Waals surface area (Å²) in [7, 11) is 0. The zero-order chi connectivity index (χ0) is 12.5. The van der Waals surface area contributed by atoms with Crippen LogP contribution in [0.3, 0.4) is 0 Å². The normalized spacial score (nSPS) is 26.6. The summed E-state index contributed by atoms with van der Waals surface area (Å²) in [6.07, 6.45) is -6.37. The standard InChI is InChI=1S/C8H10F3NO4/c9-8(10,11)7(16)12-3-1-2-4(13)5(12)6(14)15/h4-5,13H,1-3H2,(H,14,15). The molecule has 1 amide bonds. The number of nitrogens with zero attached hydrogens (tertiary/aromatic N) is 1. The first-order valence-electron chi connectivity index (χ1n) is 4.54. The Kier molecular flexibility index (Phi) is 3.41. The van der Waals surface area contributed by atoms with Crippen LogP contribution >= 0.6 is 0 Å². The van der Waals surface area contributed by atoms with E-state index in [1.54, 1.807) is 0 Å². The first-order valence-corrected chi connectivity index (χ1v) is 4.54. The number of hydrogen-bond donors (Lipinski definition) is 2. The molecule has 0 aromatic heterocycles. The maximum Gasteiger partial charge on any atom is 0.471 e. The third-order valence-electron chi connectivity index (χ3n) is 2.36. The summed E-state index contributed by atoms with van der Waals surface area (Å²) in [5, 5.41) is 18.0. The predicted octanol–water partition coefficient (Wildman–Crippen LogP) is -0.0148. The average Bonchev–Trinajstić information content (AvgIpc) is 2.14. The monoisotopic (exact) mass is 241 g/mol. The summed E-state index contributed by atoms with van der Waals surface area (Å²) >= 11 is 0. The number of alkyl halides is 3. The van der Waals surface area contributed by atoms with Crippen molar-refractivity contribution in [1.29, 1.82) is 0 Å². The van der Waals surface area contributed by atoms with Crippen LogP contribution in [0.5, 0.6) is 0 Å². The fourth-order valence-electron chi connectivity index (χ4n) is 1.66. The third-order valence-corrected chi connectivity index (χ3v) is 2.36. The van der Waals surface area contributed by atoms with Crippen molar-refractivity contribution in [3.63, 3.8) is 0 Å². The molecule has 1 aliphatic heterocycles. The largest absolute Gasteiger partial charge is 0.480 e. The van der Waals surface area contributed by atoms with Crippen LogP contribution in [-0.4, -0.2) is 51.9 Å². The smallest absolute Gasteiger partial charge is 0.471 e. The number of carboxylic acids is 1. The summed E-state index contributed by atoms with van der Waals surface area (Å²) in [6.45, 7) is -0.313. The molecular weight excluding hydrogens is 231 g/mol. The lowest BCUT2D eigenvalue weighted by Gasteiger charge is -2.36. The van der Waals surface area contributed by atoms with Gasteiger partial charge in [-0.15, -0.1) is 0 Å². The van der Waals surface area contributed by atoms with Crippen molar-refractivity contribution < 1.29 is 33.0 Å². The maximum atomic E-state index is 12.1. The van der Waals surface area contributed by atoms with E-state index >= 15 is 0 Å². The number of aliphatic hydroxyl groups excluding tert-OH is 1. The highest BCUT2D eigenvalue weighted by Crippen LogP contribution is 2.25. The van der Waals surface area contributed by atoms with Crippen LogP contribution < -0.4 is 0 Å². The summed E-state index contributed by atoms with van der Waals surface area (Å²) in [4.78, 5) is 21.8. The molecule has 16 heavy (non-hydrogen) atoms. The lowest BCUT2D eigenvalue weighted by Crippen LogP contribution is -2.58. The van der Waals surface area contributed by atoms with E-state index in [1.807, 2.05) is 0 Å². The second-order valence-corrected chi connectivity index (χ2v) is 3.49. The van der Waals surface area contributed by atoms with Crippen molar-refractivity contribution in [2.45, 2.75) is 31.2 Å². The SMILES string of the molecule is O=C(O)C1C(O)CCCN1C(=O)C(F)(F)F. The number of aliphatic carboxylic acids is 1. The molecule has 5 nitrogen and oxygen atoms in total.